The average molecular weight is 249 g/mol. The van der Waals surface area contributed by atoms with Gasteiger partial charge in [-0.1, -0.05) is 32.0 Å². The Labute approximate surface area is 109 Å². The van der Waals surface area contributed by atoms with Crippen LogP contribution in [0.15, 0.2) is 18.2 Å². The van der Waals surface area contributed by atoms with Crippen LogP contribution in [-0.2, 0) is 17.6 Å². The van der Waals surface area contributed by atoms with Gasteiger partial charge in [-0.25, -0.2) is 0 Å². The molecule has 100 valence electrons. The number of benzene rings is 1. The van der Waals surface area contributed by atoms with Gasteiger partial charge in [0.2, 0.25) is 0 Å². The lowest BCUT2D eigenvalue weighted by Gasteiger charge is -2.17. The van der Waals surface area contributed by atoms with Gasteiger partial charge in [-0.3, -0.25) is 4.79 Å². The minimum absolute atomic E-state index is 0.0502. The topological polar surface area (TPSA) is 63.3 Å². The molecule has 1 aromatic carbocycles. The summed E-state index contributed by atoms with van der Waals surface area (Å²) in [5.74, 6) is -0.750. The summed E-state index contributed by atoms with van der Waals surface area (Å²) in [5, 5.41) is 8.64. The van der Waals surface area contributed by atoms with Crippen LogP contribution in [-0.4, -0.2) is 11.1 Å². The van der Waals surface area contributed by atoms with Gasteiger partial charge in [0.1, 0.15) is 0 Å². The number of aryl methyl sites for hydroxylation is 2. The number of rotatable bonds is 7. The highest BCUT2D eigenvalue weighted by molar-refractivity contribution is 5.66. The van der Waals surface area contributed by atoms with E-state index in [1.165, 1.54) is 16.7 Å². The molecule has 0 fully saturated rings. The number of nitrogens with two attached hydrogens (primary N) is 1. The van der Waals surface area contributed by atoms with Gasteiger partial charge in [-0.2, -0.15) is 0 Å². The number of hydrogen-bond acceptors (Lipinski definition) is 2. The van der Waals surface area contributed by atoms with E-state index in [9.17, 15) is 4.79 Å². The SMILES string of the molecule is CCc1ccc(CC)c(C(N)CCCC(=O)O)c1. The highest BCUT2D eigenvalue weighted by Gasteiger charge is 2.11. The van der Waals surface area contributed by atoms with Gasteiger partial charge in [-0.05, 0) is 42.4 Å². The molecule has 0 spiro atoms. The summed E-state index contributed by atoms with van der Waals surface area (Å²) in [5.41, 5.74) is 9.93. The molecule has 0 amide bonds. The molecule has 0 heterocycles. The second kappa shape index (κ2) is 7.17. The number of carbonyl (C=O) groups is 1. The summed E-state index contributed by atoms with van der Waals surface area (Å²) < 4.78 is 0. The van der Waals surface area contributed by atoms with Crippen molar-refractivity contribution in [2.24, 2.45) is 5.73 Å². The monoisotopic (exact) mass is 249 g/mol. The molecule has 3 nitrogen and oxygen atoms in total. The van der Waals surface area contributed by atoms with E-state index in [1.807, 2.05) is 0 Å². The first-order chi connectivity index (χ1) is 8.58. The minimum atomic E-state index is -0.750. The molecule has 0 aromatic heterocycles. The molecule has 0 aliphatic rings. The molecule has 0 saturated carbocycles. The zero-order chi connectivity index (χ0) is 13.5. The highest BCUT2D eigenvalue weighted by atomic mass is 16.4. The van der Waals surface area contributed by atoms with E-state index in [2.05, 4.69) is 32.0 Å². The number of carboxylic acid groups (broad SMARTS) is 1. The maximum Gasteiger partial charge on any atom is 0.303 e. The van der Waals surface area contributed by atoms with Crippen molar-refractivity contribution >= 4 is 5.97 Å². The zero-order valence-electron chi connectivity index (χ0n) is 11.3. The van der Waals surface area contributed by atoms with Gasteiger partial charge in [0.05, 0.1) is 0 Å². The summed E-state index contributed by atoms with van der Waals surface area (Å²) >= 11 is 0. The molecular formula is C15H23NO2. The molecule has 1 atom stereocenters. The van der Waals surface area contributed by atoms with Gasteiger partial charge in [-0.15, -0.1) is 0 Å². The van der Waals surface area contributed by atoms with Crippen LogP contribution in [0.3, 0.4) is 0 Å². The molecule has 0 saturated heterocycles. The summed E-state index contributed by atoms with van der Waals surface area (Å²) in [4.78, 5) is 10.5. The average Bonchev–Trinajstić information content (AvgIpc) is 2.37. The van der Waals surface area contributed by atoms with Crippen LogP contribution in [0.4, 0.5) is 0 Å². The van der Waals surface area contributed by atoms with Crippen molar-refractivity contribution in [1.82, 2.24) is 0 Å². The summed E-state index contributed by atoms with van der Waals surface area (Å²) in [6.07, 6.45) is 3.52. The van der Waals surface area contributed by atoms with E-state index in [1.54, 1.807) is 0 Å². The highest BCUT2D eigenvalue weighted by Crippen LogP contribution is 2.23. The fraction of sp³-hybridized carbons (Fsp3) is 0.533. The number of aliphatic carboxylic acids is 1. The fourth-order valence-corrected chi connectivity index (χ4v) is 2.16. The maximum atomic E-state index is 10.5. The van der Waals surface area contributed by atoms with E-state index >= 15 is 0 Å². The Balaban J connectivity index is 2.75. The van der Waals surface area contributed by atoms with Crippen molar-refractivity contribution in [2.75, 3.05) is 0 Å². The van der Waals surface area contributed by atoms with Gasteiger partial charge in [0.15, 0.2) is 0 Å². The molecule has 1 aromatic rings. The van der Waals surface area contributed by atoms with Crippen LogP contribution in [0.1, 0.15) is 55.8 Å². The molecular weight excluding hydrogens is 226 g/mol. The van der Waals surface area contributed by atoms with Crippen molar-refractivity contribution in [1.29, 1.82) is 0 Å². The minimum Gasteiger partial charge on any atom is -0.481 e. The smallest absolute Gasteiger partial charge is 0.303 e. The quantitative estimate of drug-likeness (QED) is 0.780. The lowest BCUT2D eigenvalue weighted by Crippen LogP contribution is -2.13. The molecule has 0 radical (unpaired) electrons. The normalized spacial score (nSPS) is 12.4. The van der Waals surface area contributed by atoms with E-state index in [-0.39, 0.29) is 12.5 Å². The van der Waals surface area contributed by atoms with Crippen LogP contribution in [0, 0.1) is 0 Å². The molecule has 0 aliphatic carbocycles. The third kappa shape index (κ3) is 4.15. The third-order valence-corrected chi connectivity index (χ3v) is 3.30. The van der Waals surface area contributed by atoms with E-state index in [0.717, 1.165) is 19.3 Å². The standard InChI is InChI=1S/C15H23NO2/c1-3-11-8-9-12(4-2)13(10-11)14(16)6-5-7-15(17)18/h8-10,14H,3-7,16H2,1-2H3,(H,17,18). The zero-order valence-corrected chi connectivity index (χ0v) is 11.3. The van der Waals surface area contributed by atoms with Crippen LogP contribution >= 0.6 is 0 Å². The van der Waals surface area contributed by atoms with Crippen LogP contribution < -0.4 is 5.73 Å². The lowest BCUT2D eigenvalue weighted by molar-refractivity contribution is -0.137. The Bertz CT molecular complexity index is 401. The predicted octanol–water partition coefficient (Wildman–Crippen LogP) is 3.07. The molecule has 0 bridgehead atoms. The molecule has 3 N–H and O–H groups in total. The Morgan fingerprint density at radius 1 is 1.33 bits per heavy atom. The molecule has 3 heteroatoms. The van der Waals surface area contributed by atoms with Crippen molar-refractivity contribution in [3.8, 4) is 0 Å². The van der Waals surface area contributed by atoms with Crippen LogP contribution in [0.25, 0.3) is 0 Å². The van der Waals surface area contributed by atoms with Crippen LogP contribution in [0.5, 0.6) is 0 Å². The van der Waals surface area contributed by atoms with Crippen molar-refractivity contribution < 1.29 is 9.90 Å². The molecule has 0 aliphatic heterocycles. The van der Waals surface area contributed by atoms with Crippen molar-refractivity contribution in [3.63, 3.8) is 0 Å². The first kappa shape index (κ1) is 14.7. The largest absolute Gasteiger partial charge is 0.481 e. The summed E-state index contributed by atoms with van der Waals surface area (Å²) in [6.45, 7) is 4.25. The number of carboxylic acids is 1. The Morgan fingerprint density at radius 2 is 2.06 bits per heavy atom. The van der Waals surface area contributed by atoms with Crippen molar-refractivity contribution in [2.45, 2.75) is 52.0 Å². The summed E-state index contributed by atoms with van der Waals surface area (Å²) in [6, 6.07) is 6.41. The maximum absolute atomic E-state index is 10.5. The van der Waals surface area contributed by atoms with Gasteiger partial charge >= 0.3 is 5.97 Å². The van der Waals surface area contributed by atoms with Gasteiger partial charge in [0.25, 0.3) is 0 Å². The molecule has 1 unspecified atom stereocenters. The Hall–Kier alpha value is -1.35. The first-order valence-electron chi connectivity index (χ1n) is 6.67. The fourth-order valence-electron chi connectivity index (χ4n) is 2.16. The van der Waals surface area contributed by atoms with E-state index in [0.29, 0.717) is 6.42 Å². The van der Waals surface area contributed by atoms with Gasteiger partial charge in [0, 0.05) is 12.5 Å². The third-order valence-electron chi connectivity index (χ3n) is 3.30. The first-order valence-corrected chi connectivity index (χ1v) is 6.67. The van der Waals surface area contributed by atoms with Crippen molar-refractivity contribution in [3.05, 3.63) is 34.9 Å². The van der Waals surface area contributed by atoms with E-state index < -0.39 is 5.97 Å². The molecule has 18 heavy (non-hydrogen) atoms. The van der Waals surface area contributed by atoms with Gasteiger partial charge < -0.3 is 10.8 Å². The molecule has 1 rings (SSSR count). The lowest BCUT2D eigenvalue weighted by atomic mass is 9.93. The second-order valence-corrected chi connectivity index (χ2v) is 4.63. The number of hydrogen-bond donors (Lipinski definition) is 2. The predicted molar refractivity (Wildman–Crippen MR) is 73.6 cm³/mol. The van der Waals surface area contributed by atoms with Crippen LogP contribution in [0.2, 0.25) is 0 Å². The van der Waals surface area contributed by atoms with E-state index in [4.69, 9.17) is 10.8 Å². The Kier molecular flexibility index (Phi) is 5.86. The second-order valence-electron chi connectivity index (χ2n) is 4.63. The summed E-state index contributed by atoms with van der Waals surface area (Å²) in [7, 11) is 0. The Morgan fingerprint density at radius 3 is 2.61 bits per heavy atom.